The van der Waals surface area contributed by atoms with E-state index in [1.165, 1.54) is 4.90 Å². The monoisotopic (exact) mass is 452 g/mol. The zero-order chi connectivity index (χ0) is 23.5. The van der Waals surface area contributed by atoms with E-state index in [-0.39, 0.29) is 11.3 Å². The summed E-state index contributed by atoms with van der Waals surface area (Å²) < 4.78 is 16.5. The summed E-state index contributed by atoms with van der Waals surface area (Å²) in [5.74, 6) is 0.0921. The molecule has 0 spiro atoms. The number of rotatable bonds is 7. The van der Waals surface area contributed by atoms with Crippen molar-refractivity contribution in [2.24, 2.45) is 0 Å². The Balaban J connectivity index is 1.79. The molecule has 0 bridgehead atoms. The first-order valence-corrected chi connectivity index (χ1v) is 10.9. The number of fused-ring (bicyclic) bond motifs is 1. The normalized spacial score (nSPS) is 19.3. The minimum absolute atomic E-state index is 0.0507. The average Bonchev–Trinajstić information content (AvgIpc) is 3.08. The fourth-order valence-electron chi connectivity index (χ4n) is 4.17. The summed E-state index contributed by atoms with van der Waals surface area (Å²) in [4.78, 5) is 29.7. The summed E-state index contributed by atoms with van der Waals surface area (Å²) in [5.41, 5.74) is 1.13. The van der Waals surface area contributed by atoms with E-state index in [9.17, 15) is 14.7 Å². The number of benzene rings is 2. The Morgan fingerprint density at radius 1 is 1.12 bits per heavy atom. The number of likely N-dealkylation sites (tertiary alicyclic amines) is 1. The number of carbonyl (C=O) groups excluding carboxylic acids is 2. The molecule has 2 aromatic rings. The number of aliphatic hydroxyl groups excluding tert-OH is 1. The van der Waals surface area contributed by atoms with Crippen molar-refractivity contribution in [3.05, 3.63) is 59.2 Å². The summed E-state index contributed by atoms with van der Waals surface area (Å²) in [5, 5.41) is 11.2. The highest BCUT2D eigenvalue weighted by molar-refractivity contribution is 6.46. The van der Waals surface area contributed by atoms with Crippen LogP contribution in [-0.4, -0.2) is 74.1 Å². The third-order valence-corrected chi connectivity index (χ3v) is 5.77. The fourth-order valence-corrected chi connectivity index (χ4v) is 4.17. The maximum Gasteiger partial charge on any atom is 0.295 e. The number of ketones is 1. The molecule has 2 aliphatic heterocycles. The predicted molar refractivity (Wildman–Crippen MR) is 123 cm³/mol. The summed E-state index contributed by atoms with van der Waals surface area (Å²) in [6.07, 6.45) is 0.685. The molecule has 1 saturated heterocycles. The van der Waals surface area contributed by atoms with Gasteiger partial charge in [0.2, 0.25) is 0 Å². The zero-order valence-corrected chi connectivity index (χ0v) is 19.0. The standard InChI is InChI=1S/C25H28N2O6/c1-26(2)10-5-11-27-22(16-6-4-7-18(14-16)31-3)21(24(29)25(27)30)23(28)17-8-9-19-20(15-17)33-13-12-32-19/h4,6-9,14-15,22,28H,5,10-13H2,1-3H3/b23-21+. The Morgan fingerprint density at radius 3 is 2.61 bits per heavy atom. The SMILES string of the molecule is COc1cccc(C2/C(=C(\O)c3ccc4c(c3)OCCO4)C(=O)C(=O)N2CCCN(C)C)c1. The van der Waals surface area contributed by atoms with Crippen LogP contribution in [0.15, 0.2) is 48.0 Å². The van der Waals surface area contributed by atoms with E-state index < -0.39 is 17.7 Å². The average molecular weight is 453 g/mol. The molecular formula is C25H28N2O6. The minimum atomic E-state index is -0.726. The third-order valence-electron chi connectivity index (χ3n) is 5.77. The van der Waals surface area contributed by atoms with Crippen LogP contribution in [0.2, 0.25) is 0 Å². The van der Waals surface area contributed by atoms with Gasteiger partial charge in [-0.05, 0) is 63.0 Å². The van der Waals surface area contributed by atoms with Crippen molar-refractivity contribution in [1.82, 2.24) is 9.80 Å². The third kappa shape index (κ3) is 4.52. The largest absolute Gasteiger partial charge is 0.507 e. The van der Waals surface area contributed by atoms with Gasteiger partial charge in [0.1, 0.15) is 24.7 Å². The number of carbonyl (C=O) groups is 2. The van der Waals surface area contributed by atoms with Gasteiger partial charge in [0.25, 0.3) is 11.7 Å². The molecule has 8 nitrogen and oxygen atoms in total. The molecule has 0 radical (unpaired) electrons. The molecule has 4 rings (SSSR count). The first kappa shape index (κ1) is 22.7. The van der Waals surface area contributed by atoms with Gasteiger partial charge in [0, 0.05) is 12.1 Å². The van der Waals surface area contributed by atoms with Crippen molar-refractivity contribution >= 4 is 17.4 Å². The second kappa shape index (κ2) is 9.54. The van der Waals surface area contributed by atoms with E-state index in [0.717, 1.165) is 6.54 Å². The van der Waals surface area contributed by atoms with E-state index in [2.05, 4.69) is 0 Å². The predicted octanol–water partition coefficient (Wildman–Crippen LogP) is 2.84. The van der Waals surface area contributed by atoms with Crippen molar-refractivity contribution in [2.75, 3.05) is 47.5 Å². The quantitative estimate of drug-likeness (QED) is 0.393. The summed E-state index contributed by atoms with van der Waals surface area (Å²) in [6.45, 7) is 1.99. The number of amides is 1. The Morgan fingerprint density at radius 2 is 1.88 bits per heavy atom. The van der Waals surface area contributed by atoms with Gasteiger partial charge < -0.3 is 29.1 Å². The summed E-state index contributed by atoms with van der Waals surface area (Å²) in [7, 11) is 5.47. The molecular weight excluding hydrogens is 424 g/mol. The topological polar surface area (TPSA) is 88.5 Å². The lowest BCUT2D eigenvalue weighted by molar-refractivity contribution is -0.139. The van der Waals surface area contributed by atoms with E-state index in [1.54, 1.807) is 43.5 Å². The lowest BCUT2D eigenvalue weighted by Crippen LogP contribution is -2.32. The van der Waals surface area contributed by atoms with E-state index >= 15 is 0 Å². The van der Waals surface area contributed by atoms with Crippen LogP contribution >= 0.6 is 0 Å². The van der Waals surface area contributed by atoms with Crippen molar-refractivity contribution in [3.8, 4) is 17.2 Å². The highest BCUT2D eigenvalue weighted by atomic mass is 16.6. The van der Waals surface area contributed by atoms with Crippen LogP contribution in [0.5, 0.6) is 17.2 Å². The van der Waals surface area contributed by atoms with Crippen molar-refractivity contribution in [2.45, 2.75) is 12.5 Å². The maximum atomic E-state index is 13.1. The maximum absolute atomic E-state index is 13.1. The molecule has 1 fully saturated rings. The first-order chi connectivity index (χ1) is 15.9. The number of Topliss-reactive ketones (excluding diaryl/α,β-unsaturated/α-hetero) is 1. The van der Waals surface area contributed by atoms with Crippen LogP contribution in [0.4, 0.5) is 0 Å². The van der Waals surface area contributed by atoms with Crippen LogP contribution in [-0.2, 0) is 9.59 Å². The van der Waals surface area contributed by atoms with E-state index in [0.29, 0.717) is 54.6 Å². The van der Waals surface area contributed by atoms with Gasteiger partial charge in [-0.25, -0.2) is 0 Å². The highest BCUT2D eigenvalue weighted by Gasteiger charge is 2.46. The van der Waals surface area contributed by atoms with Gasteiger partial charge in [-0.15, -0.1) is 0 Å². The lowest BCUT2D eigenvalue weighted by atomic mass is 9.95. The van der Waals surface area contributed by atoms with E-state index in [4.69, 9.17) is 14.2 Å². The molecule has 0 aromatic heterocycles. The molecule has 33 heavy (non-hydrogen) atoms. The van der Waals surface area contributed by atoms with Gasteiger partial charge in [-0.3, -0.25) is 9.59 Å². The molecule has 1 amide bonds. The molecule has 1 atom stereocenters. The number of nitrogens with zero attached hydrogens (tertiary/aromatic N) is 2. The fraction of sp³-hybridized carbons (Fsp3) is 0.360. The first-order valence-electron chi connectivity index (χ1n) is 10.9. The minimum Gasteiger partial charge on any atom is -0.507 e. The number of ether oxygens (including phenoxy) is 3. The lowest BCUT2D eigenvalue weighted by Gasteiger charge is -2.26. The summed E-state index contributed by atoms with van der Waals surface area (Å²) >= 11 is 0. The van der Waals surface area contributed by atoms with Gasteiger partial charge in [-0.1, -0.05) is 12.1 Å². The van der Waals surface area contributed by atoms with Gasteiger partial charge in [-0.2, -0.15) is 0 Å². The molecule has 2 aliphatic rings. The van der Waals surface area contributed by atoms with Gasteiger partial charge in [0.05, 0.1) is 18.7 Å². The summed E-state index contributed by atoms with van der Waals surface area (Å²) in [6, 6.07) is 11.5. The molecule has 1 unspecified atom stereocenters. The van der Waals surface area contributed by atoms with Gasteiger partial charge >= 0.3 is 0 Å². The van der Waals surface area contributed by atoms with Crippen LogP contribution in [0.1, 0.15) is 23.6 Å². The van der Waals surface area contributed by atoms with Crippen LogP contribution in [0.3, 0.4) is 0 Å². The second-order valence-electron chi connectivity index (χ2n) is 8.28. The Labute approximate surface area is 193 Å². The van der Waals surface area contributed by atoms with Crippen molar-refractivity contribution < 1.29 is 28.9 Å². The Hall–Kier alpha value is -3.52. The second-order valence-corrected chi connectivity index (χ2v) is 8.28. The molecule has 1 N–H and O–H groups in total. The smallest absolute Gasteiger partial charge is 0.295 e. The molecule has 8 heteroatoms. The highest BCUT2D eigenvalue weighted by Crippen LogP contribution is 2.41. The van der Waals surface area contributed by atoms with Crippen LogP contribution in [0.25, 0.3) is 5.76 Å². The molecule has 2 aromatic carbocycles. The van der Waals surface area contributed by atoms with Crippen LogP contribution in [0, 0.1) is 0 Å². The van der Waals surface area contributed by atoms with Crippen molar-refractivity contribution in [1.29, 1.82) is 0 Å². The molecule has 2 heterocycles. The number of hydrogen-bond donors (Lipinski definition) is 1. The Kier molecular flexibility index (Phi) is 6.55. The number of aliphatic hydroxyl groups is 1. The number of hydrogen-bond acceptors (Lipinski definition) is 7. The van der Waals surface area contributed by atoms with E-state index in [1.807, 2.05) is 25.1 Å². The molecule has 174 valence electrons. The van der Waals surface area contributed by atoms with Crippen molar-refractivity contribution in [3.63, 3.8) is 0 Å². The molecule has 0 aliphatic carbocycles. The zero-order valence-electron chi connectivity index (χ0n) is 19.0. The van der Waals surface area contributed by atoms with Crippen LogP contribution < -0.4 is 14.2 Å². The molecule has 0 saturated carbocycles. The van der Waals surface area contributed by atoms with Gasteiger partial charge in [0.15, 0.2) is 11.5 Å². The number of methoxy groups -OCH3 is 1. The Bertz CT molecular complexity index is 1090.